The molecule has 0 bridgehead atoms. The Morgan fingerprint density at radius 1 is 0.615 bits per heavy atom. The Bertz CT molecular complexity index is 1770. The predicted molar refractivity (Wildman–Crippen MR) is 162 cm³/mol. The van der Waals surface area contributed by atoms with Gasteiger partial charge in [0.15, 0.2) is 11.6 Å². The van der Waals surface area contributed by atoms with Gasteiger partial charge in [0.25, 0.3) is 0 Å². The van der Waals surface area contributed by atoms with Gasteiger partial charge >= 0.3 is 0 Å². The number of carbonyl (C=O) groups is 1. The molecule has 0 aliphatic rings. The van der Waals surface area contributed by atoms with Gasteiger partial charge in [-0.2, -0.15) is 4.98 Å². The van der Waals surface area contributed by atoms with Crippen LogP contribution < -0.4 is 9.66 Å². The van der Waals surface area contributed by atoms with Crippen LogP contribution in [-0.2, 0) is 0 Å². The van der Waals surface area contributed by atoms with E-state index in [2.05, 4.69) is 56.4 Å². The number of rotatable bonds is 6. The molecule has 0 fully saturated rings. The van der Waals surface area contributed by atoms with Gasteiger partial charge < -0.3 is 5.73 Å². The lowest BCUT2D eigenvalue weighted by molar-refractivity contribution is 0.103. The van der Waals surface area contributed by atoms with Gasteiger partial charge in [-0.1, -0.05) is 103 Å². The Kier molecular flexibility index (Phi) is 6.61. The molecule has 1 aromatic heterocycles. The van der Waals surface area contributed by atoms with Crippen LogP contribution in [0.3, 0.4) is 0 Å². The molecule has 1 heterocycles. The number of nitrogens with zero attached hydrogens (tertiary/aromatic N) is 3. The first-order valence-electron chi connectivity index (χ1n) is 12.5. The molecule has 0 spiro atoms. The molecule has 0 saturated heterocycles. The minimum atomic E-state index is 0.0215. The minimum absolute atomic E-state index is 0.0215. The Labute approximate surface area is 234 Å². The Balaban J connectivity index is 1.29. The monoisotopic (exact) mass is 570 g/mol. The zero-order valence-electron chi connectivity index (χ0n) is 20.8. The first-order chi connectivity index (χ1) is 19.1. The van der Waals surface area contributed by atoms with Crippen LogP contribution in [0, 0.1) is 0 Å². The fourth-order valence-corrected chi connectivity index (χ4v) is 5.07. The summed E-state index contributed by atoms with van der Waals surface area (Å²) in [5, 5.41) is 0.880. The van der Waals surface area contributed by atoms with Crippen LogP contribution in [0.1, 0.15) is 15.9 Å². The number of hydrogen-bond donors (Lipinski definition) is 1. The van der Waals surface area contributed by atoms with Crippen molar-refractivity contribution < 1.29 is 4.79 Å². The summed E-state index contributed by atoms with van der Waals surface area (Å²) in [6.45, 7) is 0. The highest BCUT2D eigenvalue weighted by Gasteiger charge is 2.15. The van der Waals surface area contributed by atoms with Gasteiger partial charge in [0.1, 0.15) is 0 Å². The van der Waals surface area contributed by atoms with Crippen molar-refractivity contribution in [2.75, 3.05) is 9.66 Å². The van der Waals surface area contributed by atoms with E-state index in [1.54, 1.807) is 0 Å². The molecule has 39 heavy (non-hydrogen) atoms. The second-order valence-electron chi connectivity index (χ2n) is 9.10. The zero-order valence-corrected chi connectivity index (χ0v) is 22.4. The van der Waals surface area contributed by atoms with Gasteiger partial charge in [-0.05, 0) is 46.5 Å². The third kappa shape index (κ3) is 5.02. The first kappa shape index (κ1) is 24.5. The van der Waals surface area contributed by atoms with Crippen molar-refractivity contribution in [1.29, 1.82) is 0 Å². The van der Waals surface area contributed by atoms with E-state index in [0.717, 1.165) is 38.8 Å². The summed E-state index contributed by atoms with van der Waals surface area (Å²) in [5.41, 5.74) is 13.3. The molecular formula is C33H23BrN4O. The summed E-state index contributed by atoms with van der Waals surface area (Å²) in [6.07, 6.45) is 0. The average Bonchev–Trinajstić information content (AvgIpc) is 3.01. The summed E-state index contributed by atoms with van der Waals surface area (Å²) in [6, 6.07) is 41.4. The SMILES string of the molecule is Nc1nc(N(Br)c2ccccc2)c2cc(-c3ccc(-c4ccc(C(=O)c5ccccc5)cc4)cc3)ccc2n1. The van der Waals surface area contributed by atoms with Crippen molar-refractivity contribution in [3.8, 4) is 22.3 Å². The fraction of sp³-hybridized carbons (Fsp3) is 0. The highest BCUT2D eigenvalue weighted by Crippen LogP contribution is 2.35. The topological polar surface area (TPSA) is 72.1 Å². The maximum Gasteiger partial charge on any atom is 0.222 e. The number of halogens is 1. The summed E-state index contributed by atoms with van der Waals surface area (Å²) in [4.78, 5) is 21.7. The fourth-order valence-electron chi connectivity index (χ4n) is 4.57. The molecule has 0 aliphatic carbocycles. The number of ketones is 1. The predicted octanol–water partition coefficient (Wildman–Crippen LogP) is 8.23. The van der Waals surface area contributed by atoms with E-state index >= 15 is 0 Å². The van der Waals surface area contributed by atoms with Gasteiger partial charge in [-0.25, -0.2) is 4.98 Å². The molecule has 5 aromatic carbocycles. The maximum absolute atomic E-state index is 12.7. The summed E-state index contributed by atoms with van der Waals surface area (Å²) >= 11 is 3.66. The standard InChI is InChI=1S/C33H23BrN4O/c34-38(28-9-5-2-6-10-28)32-29-21-27(19-20-30(29)36-33(35)37-32)24-13-11-22(12-14-24)23-15-17-26(18-16-23)31(39)25-7-3-1-4-8-25/h1-21H,(H2,35,36,37). The van der Waals surface area contributed by atoms with E-state index in [-0.39, 0.29) is 11.7 Å². The van der Waals surface area contributed by atoms with Crippen molar-refractivity contribution in [3.05, 3.63) is 139 Å². The molecular weight excluding hydrogens is 548 g/mol. The minimum Gasteiger partial charge on any atom is -0.368 e. The van der Waals surface area contributed by atoms with E-state index in [4.69, 9.17) is 5.73 Å². The van der Waals surface area contributed by atoms with Crippen LogP contribution in [0.15, 0.2) is 127 Å². The van der Waals surface area contributed by atoms with Crippen molar-refractivity contribution in [1.82, 2.24) is 9.97 Å². The lowest BCUT2D eigenvalue weighted by Crippen LogP contribution is -2.07. The highest BCUT2D eigenvalue weighted by atomic mass is 79.9. The van der Waals surface area contributed by atoms with Gasteiger partial charge in [-0.15, -0.1) is 0 Å². The molecule has 0 amide bonds. The smallest absolute Gasteiger partial charge is 0.222 e. The summed E-state index contributed by atoms with van der Waals surface area (Å²) in [7, 11) is 0. The lowest BCUT2D eigenvalue weighted by atomic mass is 9.97. The number of nitrogens with two attached hydrogens (primary N) is 1. The Hall–Kier alpha value is -4.81. The van der Waals surface area contributed by atoms with Crippen LogP contribution in [0.25, 0.3) is 33.2 Å². The van der Waals surface area contributed by atoms with E-state index in [1.807, 2.05) is 101 Å². The van der Waals surface area contributed by atoms with Crippen molar-refractivity contribution >= 4 is 50.3 Å². The largest absolute Gasteiger partial charge is 0.368 e. The number of nitrogen functional groups attached to an aromatic ring is 1. The molecule has 0 radical (unpaired) electrons. The van der Waals surface area contributed by atoms with Gasteiger partial charge in [-0.3, -0.25) is 8.72 Å². The second-order valence-corrected chi connectivity index (χ2v) is 9.81. The molecule has 0 saturated carbocycles. The third-order valence-corrected chi connectivity index (χ3v) is 7.34. The van der Waals surface area contributed by atoms with Crippen molar-refractivity contribution in [2.24, 2.45) is 0 Å². The van der Waals surface area contributed by atoms with E-state index in [9.17, 15) is 4.79 Å². The Morgan fingerprint density at radius 3 is 1.77 bits per heavy atom. The average molecular weight is 571 g/mol. The second kappa shape index (κ2) is 10.5. The molecule has 6 rings (SSSR count). The molecule has 0 atom stereocenters. The number of carbonyl (C=O) groups excluding carboxylic acids is 1. The number of aromatic nitrogens is 2. The maximum atomic E-state index is 12.7. The van der Waals surface area contributed by atoms with Crippen molar-refractivity contribution in [3.63, 3.8) is 0 Å². The highest BCUT2D eigenvalue weighted by molar-refractivity contribution is 9.10. The first-order valence-corrected chi connectivity index (χ1v) is 13.2. The van der Waals surface area contributed by atoms with E-state index in [0.29, 0.717) is 16.9 Å². The summed E-state index contributed by atoms with van der Waals surface area (Å²) < 4.78 is 1.84. The van der Waals surface area contributed by atoms with Gasteiger partial charge in [0, 0.05) is 16.5 Å². The number of benzene rings is 5. The molecule has 6 heteroatoms. The van der Waals surface area contributed by atoms with Crippen LogP contribution in [0.5, 0.6) is 0 Å². The van der Waals surface area contributed by atoms with Crippen LogP contribution in [0.4, 0.5) is 17.5 Å². The van der Waals surface area contributed by atoms with Gasteiger partial charge in [0.2, 0.25) is 5.95 Å². The molecule has 2 N–H and O–H groups in total. The molecule has 0 unspecified atom stereocenters. The number of para-hydroxylation sites is 1. The third-order valence-electron chi connectivity index (χ3n) is 6.60. The van der Waals surface area contributed by atoms with Crippen LogP contribution in [-0.4, -0.2) is 15.8 Å². The quantitative estimate of drug-likeness (QED) is 0.161. The molecule has 0 aliphatic heterocycles. The van der Waals surface area contributed by atoms with E-state index in [1.165, 1.54) is 0 Å². The van der Waals surface area contributed by atoms with E-state index < -0.39 is 0 Å². The summed E-state index contributed by atoms with van der Waals surface area (Å²) in [5.74, 6) is 0.909. The Morgan fingerprint density at radius 2 is 1.13 bits per heavy atom. The van der Waals surface area contributed by atoms with Crippen molar-refractivity contribution in [2.45, 2.75) is 0 Å². The zero-order chi connectivity index (χ0) is 26.8. The number of anilines is 3. The molecule has 188 valence electrons. The number of hydrogen-bond acceptors (Lipinski definition) is 5. The van der Waals surface area contributed by atoms with Gasteiger partial charge in [0.05, 0.1) is 27.4 Å². The molecule has 5 nitrogen and oxygen atoms in total. The number of fused-ring (bicyclic) bond motifs is 1. The lowest BCUT2D eigenvalue weighted by Gasteiger charge is -2.18. The molecule has 6 aromatic rings. The van der Waals surface area contributed by atoms with Crippen LogP contribution in [0.2, 0.25) is 0 Å². The van der Waals surface area contributed by atoms with Crippen LogP contribution >= 0.6 is 16.1 Å². The normalized spacial score (nSPS) is 10.9.